The Morgan fingerprint density at radius 1 is 1.53 bits per heavy atom. The first-order chi connectivity index (χ1) is 8.47. The van der Waals surface area contributed by atoms with Gasteiger partial charge in [0.2, 0.25) is 5.91 Å². The lowest BCUT2D eigenvalue weighted by molar-refractivity contribution is -0.135. The molecule has 2 N–H and O–H groups in total. The first kappa shape index (κ1) is 17.9. The average Bonchev–Trinajstić information content (AvgIpc) is 2.80. The highest BCUT2D eigenvalue weighted by molar-refractivity contribution is 5.85. The summed E-state index contributed by atoms with van der Waals surface area (Å²) in [7, 11) is 1.82. The molecule has 0 saturated carbocycles. The molecular weight excluding hydrogens is 264 g/mol. The van der Waals surface area contributed by atoms with Crippen LogP contribution in [-0.2, 0) is 11.3 Å². The van der Waals surface area contributed by atoms with Gasteiger partial charge in [-0.2, -0.15) is 0 Å². The molecule has 1 atom stereocenters. The minimum atomic E-state index is -0.738. The van der Waals surface area contributed by atoms with Crippen LogP contribution in [0.15, 0.2) is 18.7 Å². The van der Waals surface area contributed by atoms with E-state index in [1.807, 2.05) is 31.7 Å². The Bertz CT molecular complexity index is 365. The van der Waals surface area contributed by atoms with Gasteiger partial charge in [-0.3, -0.25) is 4.79 Å². The van der Waals surface area contributed by atoms with Crippen LogP contribution in [0.25, 0.3) is 0 Å². The number of aryl methyl sites for hydroxylation is 1. The van der Waals surface area contributed by atoms with Crippen molar-refractivity contribution in [3.63, 3.8) is 0 Å². The number of amides is 1. The molecule has 0 aromatic carbocycles. The minimum Gasteiger partial charge on any atom is -0.344 e. The van der Waals surface area contributed by atoms with Crippen molar-refractivity contribution in [2.24, 2.45) is 5.73 Å². The Kier molecular flexibility index (Phi) is 7.71. The van der Waals surface area contributed by atoms with Crippen LogP contribution in [-0.4, -0.2) is 39.5 Å². The molecule has 1 rings (SSSR count). The molecule has 0 saturated heterocycles. The van der Waals surface area contributed by atoms with Crippen LogP contribution in [0.3, 0.4) is 0 Å². The fraction of sp³-hybridized carbons (Fsp3) is 0.692. The zero-order valence-corrected chi connectivity index (χ0v) is 12.8. The Hall–Kier alpha value is -1.07. The predicted octanol–water partition coefficient (Wildman–Crippen LogP) is 1.67. The number of hydrogen-bond donors (Lipinski definition) is 1. The van der Waals surface area contributed by atoms with Crippen LogP contribution in [0.2, 0.25) is 0 Å². The Balaban J connectivity index is 0.00000324. The topological polar surface area (TPSA) is 64.2 Å². The zero-order chi connectivity index (χ0) is 13.6. The number of nitrogens with zero attached hydrogens (tertiary/aromatic N) is 3. The molecule has 0 aliphatic rings. The molecule has 110 valence electrons. The molecule has 6 heteroatoms. The van der Waals surface area contributed by atoms with Crippen molar-refractivity contribution in [3.05, 3.63) is 18.7 Å². The number of imidazole rings is 1. The molecular formula is C13H25ClN4O. The van der Waals surface area contributed by atoms with Gasteiger partial charge in [0.25, 0.3) is 0 Å². The van der Waals surface area contributed by atoms with Crippen LogP contribution in [0.1, 0.15) is 33.1 Å². The van der Waals surface area contributed by atoms with Gasteiger partial charge in [0.05, 0.1) is 11.9 Å². The van der Waals surface area contributed by atoms with Gasteiger partial charge in [0.15, 0.2) is 0 Å². The van der Waals surface area contributed by atoms with Crippen LogP contribution >= 0.6 is 12.4 Å². The van der Waals surface area contributed by atoms with Gasteiger partial charge in [0.1, 0.15) is 0 Å². The quantitative estimate of drug-likeness (QED) is 0.830. The molecule has 1 aromatic rings. The normalized spacial score (nSPS) is 13.5. The molecule has 0 spiro atoms. The second kappa shape index (κ2) is 8.17. The van der Waals surface area contributed by atoms with Gasteiger partial charge in [0, 0.05) is 32.5 Å². The smallest absolute Gasteiger partial charge is 0.242 e. The van der Waals surface area contributed by atoms with Crippen LogP contribution in [0.5, 0.6) is 0 Å². The average molecular weight is 289 g/mol. The largest absolute Gasteiger partial charge is 0.344 e. The number of nitrogens with two attached hydrogens (primary N) is 1. The number of halogens is 1. The number of likely N-dealkylation sites (N-methyl/N-ethyl adjacent to an activating group) is 1. The van der Waals surface area contributed by atoms with Crippen LogP contribution in [0.4, 0.5) is 0 Å². The van der Waals surface area contributed by atoms with Gasteiger partial charge in [-0.05, 0) is 19.8 Å². The number of hydrogen-bond acceptors (Lipinski definition) is 3. The maximum absolute atomic E-state index is 12.1. The SMILES string of the molecule is CCCC(C)(N)C(=O)N(C)CCCn1ccnc1.Cl. The molecule has 1 unspecified atom stereocenters. The van der Waals surface area contributed by atoms with E-state index in [2.05, 4.69) is 4.98 Å². The molecule has 0 aliphatic heterocycles. The van der Waals surface area contributed by atoms with Gasteiger partial charge in [-0.25, -0.2) is 4.98 Å². The van der Waals surface area contributed by atoms with Crippen molar-refractivity contribution in [1.29, 1.82) is 0 Å². The molecule has 19 heavy (non-hydrogen) atoms. The standard InChI is InChI=1S/C13H24N4O.ClH/c1-4-6-13(2,14)12(18)16(3)8-5-9-17-10-7-15-11-17;/h7,10-11H,4-6,8-9,14H2,1-3H3;1H. The summed E-state index contributed by atoms with van der Waals surface area (Å²) in [5.74, 6) is 0.0231. The summed E-state index contributed by atoms with van der Waals surface area (Å²) in [6.45, 7) is 5.43. The summed E-state index contributed by atoms with van der Waals surface area (Å²) >= 11 is 0. The number of carbonyl (C=O) groups is 1. The molecule has 0 bridgehead atoms. The van der Waals surface area contributed by atoms with E-state index >= 15 is 0 Å². The predicted molar refractivity (Wildman–Crippen MR) is 79.2 cm³/mol. The van der Waals surface area contributed by atoms with E-state index in [4.69, 9.17) is 5.73 Å². The van der Waals surface area contributed by atoms with Crippen molar-refractivity contribution in [1.82, 2.24) is 14.5 Å². The van der Waals surface area contributed by atoms with Crippen molar-refractivity contribution >= 4 is 18.3 Å². The second-order valence-corrected chi connectivity index (χ2v) is 5.05. The monoisotopic (exact) mass is 288 g/mol. The fourth-order valence-corrected chi connectivity index (χ4v) is 2.07. The summed E-state index contributed by atoms with van der Waals surface area (Å²) < 4.78 is 2.01. The summed E-state index contributed by atoms with van der Waals surface area (Å²) in [5, 5.41) is 0. The van der Waals surface area contributed by atoms with E-state index in [1.54, 1.807) is 17.4 Å². The van der Waals surface area contributed by atoms with Gasteiger partial charge in [-0.15, -0.1) is 12.4 Å². The zero-order valence-electron chi connectivity index (χ0n) is 12.0. The molecule has 5 nitrogen and oxygen atoms in total. The molecule has 0 aliphatic carbocycles. The summed E-state index contributed by atoms with van der Waals surface area (Å²) in [4.78, 5) is 17.8. The summed E-state index contributed by atoms with van der Waals surface area (Å²) in [5.41, 5.74) is 5.29. The van der Waals surface area contributed by atoms with Crippen molar-refractivity contribution in [3.8, 4) is 0 Å². The van der Waals surface area contributed by atoms with Crippen LogP contribution < -0.4 is 5.73 Å². The number of rotatable bonds is 7. The molecule has 0 radical (unpaired) electrons. The maximum atomic E-state index is 12.1. The van der Waals surface area contributed by atoms with Gasteiger partial charge >= 0.3 is 0 Å². The second-order valence-electron chi connectivity index (χ2n) is 5.05. The molecule has 1 amide bonds. The van der Waals surface area contributed by atoms with Crippen molar-refractivity contribution in [2.45, 2.75) is 45.2 Å². The fourth-order valence-electron chi connectivity index (χ4n) is 2.07. The third-order valence-electron chi connectivity index (χ3n) is 3.07. The third kappa shape index (κ3) is 5.61. The first-order valence-electron chi connectivity index (χ1n) is 6.47. The Morgan fingerprint density at radius 2 is 2.21 bits per heavy atom. The Labute approximate surface area is 121 Å². The summed E-state index contributed by atoms with van der Waals surface area (Å²) in [6, 6.07) is 0. The van der Waals surface area contributed by atoms with Crippen LogP contribution in [0, 0.1) is 0 Å². The van der Waals surface area contributed by atoms with Crippen molar-refractivity contribution < 1.29 is 4.79 Å². The number of carbonyl (C=O) groups excluding carboxylic acids is 1. The number of aromatic nitrogens is 2. The first-order valence-corrected chi connectivity index (χ1v) is 6.47. The highest BCUT2D eigenvalue weighted by atomic mass is 35.5. The maximum Gasteiger partial charge on any atom is 0.242 e. The van der Waals surface area contributed by atoms with E-state index < -0.39 is 5.54 Å². The van der Waals surface area contributed by atoms with E-state index in [0.29, 0.717) is 6.54 Å². The Morgan fingerprint density at radius 3 is 2.74 bits per heavy atom. The van der Waals surface area contributed by atoms with Crippen molar-refractivity contribution in [2.75, 3.05) is 13.6 Å². The minimum absolute atomic E-state index is 0. The molecule has 0 fully saturated rings. The third-order valence-corrected chi connectivity index (χ3v) is 3.07. The lowest BCUT2D eigenvalue weighted by atomic mass is 9.96. The lowest BCUT2D eigenvalue weighted by Gasteiger charge is -2.29. The van der Waals surface area contributed by atoms with Gasteiger partial charge in [-0.1, -0.05) is 13.3 Å². The summed E-state index contributed by atoms with van der Waals surface area (Å²) in [6.07, 6.45) is 8.01. The van der Waals surface area contributed by atoms with E-state index in [0.717, 1.165) is 25.8 Å². The highest BCUT2D eigenvalue weighted by Crippen LogP contribution is 2.12. The van der Waals surface area contributed by atoms with E-state index in [9.17, 15) is 4.79 Å². The molecule has 1 heterocycles. The lowest BCUT2D eigenvalue weighted by Crippen LogP contribution is -2.52. The molecule has 1 aromatic heterocycles. The highest BCUT2D eigenvalue weighted by Gasteiger charge is 2.29. The van der Waals surface area contributed by atoms with Gasteiger partial charge < -0.3 is 15.2 Å². The van der Waals surface area contributed by atoms with E-state index in [-0.39, 0.29) is 18.3 Å². The van der Waals surface area contributed by atoms with E-state index in [1.165, 1.54) is 0 Å².